The quantitative estimate of drug-likeness (QED) is 0.426. The van der Waals surface area contributed by atoms with Crippen LogP contribution in [0.4, 0.5) is 0 Å². The van der Waals surface area contributed by atoms with E-state index < -0.39 is 11.9 Å². The summed E-state index contributed by atoms with van der Waals surface area (Å²) in [5.74, 6) is 1.21. The van der Waals surface area contributed by atoms with Gasteiger partial charge >= 0.3 is 5.97 Å². The van der Waals surface area contributed by atoms with Crippen LogP contribution in [-0.2, 0) is 14.3 Å². The molecule has 2 aliphatic rings. The van der Waals surface area contributed by atoms with E-state index in [2.05, 4.69) is 5.32 Å². The van der Waals surface area contributed by atoms with Gasteiger partial charge in [-0.05, 0) is 56.4 Å². The Morgan fingerprint density at radius 2 is 1.67 bits per heavy atom. The summed E-state index contributed by atoms with van der Waals surface area (Å²) >= 11 is 0. The first-order chi connectivity index (χ1) is 18.8. The number of hydrogen-bond donors (Lipinski definition) is 1. The number of benzene rings is 2. The molecule has 39 heavy (non-hydrogen) atoms. The summed E-state index contributed by atoms with van der Waals surface area (Å²) in [5, 5.41) is 3.40. The number of ketones is 1. The summed E-state index contributed by atoms with van der Waals surface area (Å²) in [6.45, 7) is 5.67. The molecule has 0 fully saturated rings. The molecule has 0 spiro atoms. The van der Waals surface area contributed by atoms with Gasteiger partial charge in [-0.15, -0.1) is 0 Å². The molecule has 0 bridgehead atoms. The number of ether oxygens (including phenoxy) is 5. The number of hydrogen-bond acceptors (Lipinski definition) is 8. The third kappa shape index (κ3) is 5.46. The van der Waals surface area contributed by atoms with Crippen LogP contribution in [0, 0.1) is 0 Å². The smallest absolute Gasteiger partial charge is 0.337 e. The lowest BCUT2D eigenvalue weighted by molar-refractivity contribution is -0.144. The van der Waals surface area contributed by atoms with E-state index in [4.69, 9.17) is 23.7 Å². The zero-order chi connectivity index (χ0) is 28.3. The van der Waals surface area contributed by atoms with Crippen LogP contribution >= 0.6 is 0 Å². The molecule has 0 aromatic heterocycles. The normalized spacial score (nSPS) is 19.6. The van der Waals surface area contributed by atoms with E-state index in [0.29, 0.717) is 58.2 Å². The Kier molecular flexibility index (Phi) is 8.53. The van der Waals surface area contributed by atoms with Crippen LogP contribution in [0.1, 0.15) is 63.0 Å². The molecule has 1 N–H and O–H groups in total. The number of nitrogens with one attached hydrogen (secondary N) is 1. The maximum atomic E-state index is 14.0. The van der Waals surface area contributed by atoms with Gasteiger partial charge in [0.05, 0.1) is 46.0 Å². The van der Waals surface area contributed by atoms with Gasteiger partial charge < -0.3 is 29.0 Å². The topological polar surface area (TPSA) is 92.3 Å². The van der Waals surface area contributed by atoms with Crippen LogP contribution in [0.2, 0.25) is 0 Å². The first kappa shape index (κ1) is 28.1. The predicted octanol–water partition coefficient (Wildman–Crippen LogP) is 5.42. The molecular formula is C31H37NO7. The van der Waals surface area contributed by atoms with Gasteiger partial charge in [-0.2, -0.15) is 0 Å². The molecule has 208 valence electrons. The highest BCUT2D eigenvalue weighted by atomic mass is 16.5. The molecule has 0 saturated heterocycles. The van der Waals surface area contributed by atoms with Crippen LogP contribution in [0.25, 0.3) is 0 Å². The number of Topliss-reactive ketones (excluding diaryl/α,β-unsaturated/α-hetero) is 1. The van der Waals surface area contributed by atoms with E-state index in [1.807, 2.05) is 51.1 Å². The zero-order valence-corrected chi connectivity index (χ0v) is 23.7. The molecule has 8 nitrogen and oxygen atoms in total. The highest BCUT2D eigenvalue weighted by Gasteiger charge is 2.42. The van der Waals surface area contributed by atoms with Crippen molar-refractivity contribution < 1.29 is 33.3 Å². The summed E-state index contributed by atoms with van der Waals surface area (Å²) in [6.07, 6.45) is 1.30. The Morgan fingerprint density at radius 3 is 2.31 bits per heavy atom. The molecule has 0 amide bonds. The second kappa shape index (κ2) is 11.8. The van der Waals surface area contributed by atoms with Crippen LogP contribution in [-0.4, -0.2) is 46.3 Å². The van der Waals surface area contributed by atoms with Crippen molar-refractivity contribution >= 4 is 11.8 Å². The standard InChI is InChI=1S/C31H37NO7/c1-8-17(2)39-31(34)28-18(3)32-23-13-20(19-9-12-25(36-5)27(15-19)38-7)14-24(33)30(23)29(28)22-11-10-21(35-4)16-26(22)37-6/h9-12,15-17,20,29,32H,8,13-14H2,1-7H3/t17-,20+,29+/m0/s1. The SMILES string of the molecule is CC[C@H](C)OC(=O)C1=C(C)NC2=C(C(=O)C[C@H](c3ccc(OC)c(OC)c3)C2)[C@@H]1c1ccc(OC)cc1OC. The van der Waals surface area contributed by atoms with Gasteiger partial charge in [0, 0.05) is 35.0 Å². The van der Waals surface area contributed by atoms with Crippen molar-refractivity contribution in [3.05, 3.63) is 70.1 Å². The van der Waals surface area contributed by atoms with Crippen molar-refractivity contribution in [2.75, 3.05) is 28.4 Å². The van der Waals surface area contributed by atoms with Gasteiger partial charge in [0.1, 0.15) is 11.5 Å². The summed E-state index contributed by atoms with van der Waals surface area (Å²) in [6, 6.07) is 11.2. The fourth-order valence-corrected chi connectivity index (χ4v) is 5.35. The lowest BCUT2D eigenvalue weighted by Crippen LogP contribution is -2.36. The highest BCUT2D eigenvalue weighted by molar-refractivity contribution is 6.04. The van der Waals surface area contributed by atoms with Gasteiger partial charge in [0.2, 0.25) is 0 Å². The second-order valence-electron chi connectivity index (χ2n) is 9.86. The fraction of sp³-hybridized carbons (Fsp3) is 0.419. The maximum absolute atomic E-state index is 14.0. The Hall–Kier alpha value is -3.94. The summed E-state index contributed by atoms with van der Waals surface area (Å²) < 4.78 is 27.8. The van der Waals surface area contributed by atoms with Gasteiger partial charge in [0.25, 0.3) is 0 Å². The first-order valence-electron chi connectivity index (χ1n) is 13.1. The first-order valence-corrected chi connectivity index (χ1v) is 13.1. The zero-order valence-electron chi connectivity index (χ0n) is 23.7. The summed E-state index contributed by atoms with van der Waals surface area (Å²) in [5.41, 5.74) is 4.13. The fourth-order valence-electron chi connectivity index (χ4n) is 5.35. The molecule has 2 aromatic carbocycles. The van der Waals surface area contributed by atoms with Crippen molar-refractivity contribution in [2.24, 2.45) is 0 Å². The number of rotatable bonds is 9. The molecule has 0 unspecified atom stereocenters. The largest absolute Gasteiger partial charge is 0.497 e. The maximum Gasteiger partial charge on any atom is 0.337 e. The molecule has 8 heteroatoms. The molecule has 0 saturated carbocycles. The number of esters is 1. The Morgan fingerprint density at radius 1 is 0.949 bits per heavy atom. The summed E-state index contributed by atoms with van der Waals surface area (Å²) in [4.78, 5) is 27.5. The Balaban J connectivity index is 1.82. The van der Waals surface area contributed by atoms with E-state index in [-0.39, 0.29) is 24.2 Å². The van der Waals surface area contributed by atoms with Crippen molar-refractivity contribution in [3.8, 4) is 23.0 Å². The van der Waals surface area contributed by atoms with Gasteiger partial charge in [0.15, 0.2) is 17.3 Å². The number of dihydropyridines is 1. The van der Waals surface area contributed by atoms with E-state index in [1.165, 1.54) is 0 Å². The molecule has 4 rings (SSSR count). The molecule has 1 aliphatic carbocycles. The van der Waals surface area contributed by atoms with Crippen LogP contribution < -0.4 is 24.3 Å². The number of allylic oxidation sites excluding steroid dienone is 3. The monoisotopic (exact) mass is 535 g/mol. The van der Waals surface area contributed by atoms with Crippen LogP contribution in [0.3, 0.4) is 0 Å². The molecule has 0 radical (unpaired) electrons. The molecule has 2 aromatic rings. The molecule has 1 aliphatic heterocycles. The number of carbonyl (C=O) groups excluding carboxylic acids is 2. The van der Waals surface area contributed by atoms with Crippen molar-refractivity contribution in [1.82, 2.24) is 5.32 Å². The van der Waals surface area contributed by atoms with Gasteiger partial charge in [-0.3, -0.25) is 4.79 Å². The van der Waals surface area contributed by atoms with E-state index in [9.17, 15) is 9.59 Å². The van der Waals surface area contributed by atoms with Crippen LogP contribution in [0.5, 0.6) is 23.0 Å². The molecular weight excluding hydrogens is 498 g/mol. The predicted molar refractivity (Wildman–Crippen MR) is 148 cm³/mol. The average molecular weight is 536 g/mol. The van der Waals surface area contributed by atoms with Crippen molar-refractivity contribution in [3.63, 3.8) is 0 Å². The average Bonchev–Trinajstić information content (AvgIpc) is 2.95. The van der Waals surface area contributed by atoms with Crippen LogP contribution in [0.15, 0.2) is 58.9 Å². The minimum atomic E-state index is -0.641. The van der Waals surface area contributed by atoms with E-state index in [0.717, 1.165) is 11.3 Å². The van der Waals surface area contributed by atoms with Gasteiger partial charge in [-0.25, -0.2) is 4.79 Å². The van der Waals surface area contributed by atoms with Crippen molar-refractivity contribution in [1.29, 1.82) is 0 Å². The van der Waals surface area contributed by atoms with E-state index in [1.54, 1.807) is 34.5 Å². The second-order valence-corrected chi connectivity index (χ2v) is 9.86. The third-order valence-electron chi connectivity index (χ3n) is 7.56. The van der Waals surface area contributed by atoms with E-state index >= 15 is 0 Å². The molecule has 1 heterocycles. The Bertz CT molecular complexity index is 1330. The lowest BCUT2D eigenvalue weighted by Gasteiger charge is -2.37. The highest BCUT2D eigenvalue weighted by Crippen LogP contribution is 2.48. The lowest BCUT2D eigenvalue weighted by atomic mass is 9.71. The molecule has 3 atom stereocenters. The summed E-state index contributed by atoms with van der Waals surface area (Å²) in [7, 11) is 6.34. The minimum Gasteiger partial charge on any atom is -0.497 e. The van der Waals surface area contributed by atoms with Gasteiger partial charge in [-0.1, -0.05) is 19.1 Å². The Labute approximate surface area is 229 Å². The number of carbonyl (C=O) groups is 2. The third-order valence-corrected chi connectivity index (χ3v) is 7.56. The van der Waals surface area contributed by atoms with Crippen molar-refractivity contribution in [2.45, 2.75) is 58.0 Å². The minimum absolute atomic E-state index is 0.0345. The number of methoxy groups -OCH3 is 4.